The van der Waals surface area contributed by atoms with E-state index < -0.39 is 0 Å². The van der Waals surface area contributed by atoms with Gasteiger partial charge in [0.25, 0.3) is 0 Å². The zero-order chi connectivity index (χ0) is 11.8. The SMILES string of the molecule is CC(C)C1=C2CCC(CO)CCC2(C)CC1. The molecule has 16 heavy (non-hydrogen) atoms. The number of hydrogen-bond acceptors (Lipinski definition) is 1. The van der Waals surface area contributed by atoms with Crippen molar-refractivity contribution in [2.24, 2.45) is 17.3 Å². The molecule has 0 aromatic heterocycles. The molecule has 0 aliphatic heterocycles. The highest BCUT2D eigenvalue weighted by Crippen LogP contribution is 2.52. The second-order valence-corrected chi connectivity index (χ2v) is 6.35. The Hall–Kier alpha value is -0.300. The van der Waals surface area contributed by atoms with Gasteiger partial charge < -0.3 is 5.11 Å². The molecule has 1 fully saturated rings. The molecule has 0 bridgehead atoms. The summed E-state index contributed by atoms with van der Waals surface area (Å²) >= 11 is 0. The largest absolute Gasteiger partial charge is 0.396 e. The van der Waals surface area contributed by atoms with Gasteiger partial charge in [0.15, 0.2) is 0 Å². The highest BCUT2D eigenvalue weighted by Gasteiger charge is 2.38. The summed E-state index contributed by atoms with van der Waals surface area (Å²) in [4.78, 5) is 0. The van der Waals surface area contributed by atoms with Crippen LogP contribution in [0.4, 0.5) is 0 Å². The third kappa shape index (κ3) is 2.07. The third-order valence-corrected chi connectivity index (χ3v) is 4.92. The summed E-state index contributed by atoms with van der Waals surface area (Å²) < 4.78 is 0. The molecule has 2 unspecified atom stereocenters. The van der Waals surface area contributed by atoms with E-state index in [1.54, 1.807) is 11.1 Å². The zero-order valence-electron chi connectivity index (χ0n) is 11.1. The fourth-order valence-electron chi connectivity index (χ4n) is 3.67. The van der Waals surface area contributed by atoms with Gasteiger partial charge in [-0.1, -0.05) is 31.9 Å². The van der Waals surface area contributed by atoms with Crippen molar-refractivity contribution < 1.29 is 5.11 Å². The normalized spacial score (nSPS) is 35.4. The molecule has 92 valence electrons. The monoisotopic (exact) mass is 222 g/mol. The predicted octanol–water partition coefficient (Wildman–Crippen LogP) is 3.92. The molecule has 0 aromatic carbocycles. The first kappa shape index (κ1) is 12.2. The Morgan fingerprint density at radius 1 is 1.25 bits per heavy atom. The minimum atomic E-state index is 0.389. The molecule has 1 N–H and O–H groups in total. The molecule has 0 amide bonds. The zero-order valence-corrected chi connectivity index (χ0v) is 11.1. The van der Waals surface area contributed by atoms with Gasteiger partial charge in [-0.2, -0.15) is 0 Å². The molecule has 0 saturated heterocycles. The maximum atomic E-state index is 9.32. The molecular formula is C15H26O. The predicted molar refractivity (Wildman–Crippen MR) is 68.2 cm³/mol. The van der Waals surface area contributed by atoms with E-state index in [4.69, 9.17) is 0 Å². The van der Waals surface area contributed by atoms with Gasteiger partial charge in [0.1, 0.15) is 0 Å². The first-order chi connectivity index (χ1) is 7.57. The van der Waals surface area contributed by atoms with Crippen LogP contribution in [0, 0.1) is 17.3 Å². The maximum absolute atomic E-state index is 9.32. The minimum absolute atomic E-state index is 0.389. The molecule has 1 nitrogen and oxygen atoms in total. The van der Waals surface area contributed by atoms with Crippen LogP contribution < -0.4 is 0 Å². The lowest BCUT2D eigenvalue weighted by atomic mass is 9.78. The molecule has 1 saturated carbocycles. The fourth-order valence-corrected chi connectivity index (χ4v) is 3.67. The van der Waals surface area contributed by atoms with E-state index in [2.05, 4.69) is 20.8 Å². The van der Waals surface area contributed by atoms with Gasteiger partial charge in [0.2, 0.25) is 0 Å². The highest BCUT2D eigenvalue weighted by atomic mass is 16.3. The molecule has 0 aromatic rings. The van der Waals surface area contributed by atoms with E-state index in [9.17, 15) is 5.11 Å². The lowest BCUT2D eigenvalue weighted by molar-refractivity contribution is 0.205. The van der Waals surface area contributed by atoms with Crippen LogP contribution in [0.25, 0.3) is 0 Å². The van der Waals surface area contributed by atoms with Crippen molar-refractivity contribution in [2.45, 2.75) is 59.3 Å². The van der Waals surface area contributed by atoms with E-state index in [0.29, 0.717) is 17.9 Å². The summed E-state index contributed by atoms with van der Waals surface area (Å²) in [5.74, 6) is 1.28. The van der Waals surface area contributed by atoms with E-state index in [1.807, 2.05) is 0 Å². The Morgan fingerprint density at radius 2 is 2.00 bits per heavy atom. The first-order valence-electron chi connectivity index (χ1n) is 6.90. The van der Waals surface area contributed by atoms with Crippen molar-refractivity contribution in [3.63, 3.8) is 0 Å². The number of aliphatic hydroxyl groups excluding tert-OH is 1. The first-order valence-corrected chi connectivity index (χ1v) is 6.90. The summed E-state index contributed by atoms with van der Waals surface area (Å²) in [5, 5.41) is 9.32. The van der Waals surface area contributed by atoms with Crippen LogP contribution in [0.3, 0.4) is 0 Å². The molecule has 0 heterocycles. The van der Waals surface area contributed by atoms with Crippen LogP contribution >= 0.6 is 0 Å². The van der Waals surface area contributed by atoms with Crippen LogP contribution in [0.5, 0.6) is 0 Å². The fraction of sp³-hybridized carbons (Fsp3) is 0.867. The maximum Gasteiger partial charge on any atom is 0.0459 e. The average molecular weight is 222 g/mol. The van der Waals surface area contributed by atoms with Crippen molar-refractivity contribution in [2.75, 3.05) is 6.61 Å². The number of hydrogen-bond donors (Lipinski definition) is 1. The molecule has 2 atom stereocenters. The molecule has 2 aliphatic carbocycles. The summed E-state index contributed by atoms with van der Waals surface area (Å²) in [6.45, 7) is 7.52. The van der Waals surface area contributed by atoms with Crippen molar-refractivity contribution in [3.05, 3.63) is 11.1 Å². The molecular weight excluding hydrogens is 196 g/mol. The Balaban J connectivity index is 2.24. The van der Waals surface area contributed by atoms with Crippen LogP contribution in [-0.4, -0.2) is 11.7 Å². The standard InChI is InChI=1S/C15H26O/c1-11(2)13-7-9-15(3)8-6-12(10-16)4-5-14(13)15/h11-12,16H,4-10H2,1-3H3. The lowest BCUT2D eigenvalue weighted by Gasteiger charge is -2.26. The summed E-state index contributed by atoms with van der Waals surface area (Å²) in [6.07, 6.45) is 7.65. The molecule has 1 heteroatoms. The molecule has 2 aliphatic rings. The average Bonchev–Trinajstić information content (AvgIpc) is 2.48. The number of fused-ring (bicyclic) bond motifs is 1. The van der Waals surface area contributed by atoms with Crippen LogP contribution in [0.1, 0.15) is 59.3 Å². The van der Waals surface area contributed by atoms with Gasteiger partial charge >= 0.3 is 0 Å². The number of allylic oxidation sites excluding steroid dienone is 2. The topological polar surface area (TPSA) is 20.2 Å². The van der Waals surface area contributed by atoms with Gasteiger partial charge in [-0.05, 0) is 55.8 Å². The van der Waals surface area contributed by atoms with Gasteiger partial charge in [0, 0.05) is 6.61 Å². The van der Waals surface area contributed by atoms with E-state index in [1.165, 1.54) is 38.5 Å². The van der Waals surface area contributed by atoms with Gasteiger partial charge in [-0.3, -0.25) is 0 Å². The Morgan fingerprint density at radius 3 is 2.62 bits per heavy atom. The van der Waals surface area contributed by atoms with Crippen molar-refractivity contribution in [1.82, 2.24) is 0 Å². The van der Waals surface area contributed by atoms with Crippen molar-refractivity contribution in [1.29, 1.82) is 0 Å². The van der Waals surface area contributed by atoms with E-state index >= 15 is 0 Å². The summed E-state index contributed by atoms with van der Waals surface area (Å²) in [6, 6.07) is 0. The van der Waals surface area contributed by atoms with E-state index in [0.717, 1.165) is 5.92 Å². The Bertz CT molecular complexity index is 290. The smallest absolute Gasteiger partial charge is 0.0459 e. The lowest BCUT2D eigenvalue weighted by Crippen LogP contribution is -2.14. The van der Waals surface area contributed by atoms with Gasteiger partial charge in [-0.25, -0.2) is 0 Å². The second-order valence-electron chi connectivity index (χ2n) is 6.35. The minimum Gasteiger partial charge on any atom is -0.396 e. The van der Waals surface area contributed by atoms with E-state index in [-0.39, 0.29) is 0 Å². The van der Waals surface area contributed by atoms with Gasteiger partial charge in [-0.15, -0.1) is 0 Å². The van der Waals surface area contributed by atoms with Crippen LogP contribution in [-0.2, 0) is 0 Å². The molecule has 0 spiro atoms. The van der Waals surface area contributed by atoms with Crippen LogP contribution in [0.2, 0.25) is 0 Å². The summed E-state index contributed by atoms with van der Waals surface area (Å²) in [7, 11) is 0. The number of rotatable bonds is 2. The van der Waals surface area contributed by atoms with Gasteiger partial charge in [0.05, 0.1) is 0 Å². The molecule has 2 rings (SSSR count). The Kier molecular flexibility index (Phi) is 3.44. The van der Waals surface area contributed by atoms with Crippen molar-refractivity contribution >= 4 is 0 Å². The highest BCUT2D eigenvalue weighted by molar-refractivity contribution is 5.29. The summed E-state index contributed by atoms with van der Waals surface area (Å²) in [5.41, 5.74) is 3.98. The quantitative estimate of drug-likeness (QED) is 0.702. The second kappa shape index (κ2) is 4.52. The molecule has 0 radical (unpaired) electrons. The van der Waals surface area contributed by atoms with Crippen LogP contribution in [0.15, 0.2) is 11.1 Å². The third-order valence-electron chi connectivity index (χ3n) is 4.92. The number of aliphatic hydroxyl groups is 1. The van der Waals surface area contributed by atoms with Crippen molar-refractivity contribution in [3.8, 4) is 0 Å². The Labute approximate surface area is 99.9 Å².